The van der Waals surface area contributed by atoms with Gasteiger partial charge in [0.2, 0.25) is 0 Å². The number of nitrogens with one attached hydrogen (secondary N) is 1. The minimum Gasteiger partial charge on any atom is -1.00 e. The molecule has 1 heterocycles. The van der Waals surface area contributed by atoms with Crippen molar-refractivity contribution < 1.29 is 186 Å². The summed E-state index contributed by atoms with van der Waals surface area (Å²) < 4.78 is 348. The molecule has 584 valence electrons. The summed E-state index contributed by atoms with van der Waals surface area (Å²) in [5, 5.41) is 19.4. The molecule has 42 heteroatoms. The highest BCUT2D eigenvalue weighted by atomic mass is 35.5. The monoisotopic (exact) mass is 1570 g/mol. The largest absolute Gasteiger partial charge is 1.00 e. The molecule has 0 aromatic heterocycles. The SMILES string of the molecule is CCN(C(C)C)C(C)C.O=C(NC(CCC(F)(F)C(F)(F)C(F)(F)C(F)(F)C(F)(F)C(F)(F)F)C(=O)O)OCC1c2ccccc2-c2ccccc21.O=C(OCC1c2ccccc2-c2ccccc21)ON1C(=O)CCC1=O.[Cl-].[NH3+]C(CCC(F)(F)C(F)(F)C(F)(F)C(F)(F)C(F)(F)C(F)(F)F)C(=O)O. The van der Waals surface area contributed by atoms with Gasteiger partial charge < -0.3 is 43.1 Å². The van der Waals surface area contributed by atoms with E-state index in [1.54, 1.807) is 48.5 Å². The maximum absolute atomic E-state index is 14.1. The number of alkyl halides is 26. The molecular formula is C62H61ClF26N4O11. The number of aliphatic carboxylic acids is 2. The number of hydroxylamine groups is 2. The summed E-state index contributed by atoms with van der Waals surface area (Å²) >= 11 is 0. The number of carbonyl (C=O) groups excluding carboxylic acids is 4. The summed E-state index contributed by atoms with van der Waals surface area (Å²) in [6.07, 6.45) is -26.4. The fourth-order valence-corrected chi connectivity index (χ4v) is 10.4. The van der Waals surface area contributed by atoms with Crippen LogP contribution in [0.25, 0.3) is 22.3 Å². The zero-order chi connectivity index (χ0) is 79.2. The molecule has 3 aliphatic rings. The van der Waals surface area contributed by atoms with Crippen LogP contribution in [0.3, 0.4) is 0 Å². The number of imide groups is 1. The molecule has 6 N–H and O–H groups in total. The van der Waals surface area contributed by atoms with E-state index in [9.17, 15) is 143 Å². The third-order valence-electron chi connectivity index (χ3n) is 16.0. The summed E-state index contributed by atoms with van der Waals surface area (Å²) in [6, 6.07) is 26.2. The molecule has 7 rings (SSSR count). The van der Waals surface area contributed by atoms with Crippen LogP contribution in [0.1, 0.15) is 107 Å². The van der Waals surface area contributed by atoms with Gasteiger partial charge in [-0.25, -0.2) is 19.2 Å². The van der Waals surface area contributed by atoms with E-state index in [0.29, 0.717) is 28.3 Å². The second kappa shape index (κ2) is 33.1. The van der Waals surface area contributed by atoms with E-state index in [1.807, 2.05) is 48.5 Å². The lowest BCUT2D eigenvalue weighted by Gasteiger charge is -2.39. The molecule has 4 aromatic carbocycles. The fraction of sp³-hybridized carbons (Fsp3) is 0.516. The van der Waals surface area contributed by atoms with Crippen molar-refractivity contribution in [2.75, 3.05) is 19.8 Å². The molecule has 0 radical (unpaired) electrons. The van der Waals surface area contributed by atoms with E-state index in [1.165, 1.54) is 5.32 Å². The Hall–Kier alpha value is -8.11. The number of rotatable bonds is 25. The van der Waals surface area contributed by atoms with Gasteiger partial charge in [-0.15, -0.1) is 0 Å². The minimum absolute atomic E-state index is 0. The molecule has 2 aliphatic carbocycles. The predicted octanol–water partition coefficient (Wildman–Crippen LogP) is 12.8. The smallest absolute Gasteiger partial charge is 0.533 e. The normalized spacial score (nSPS) is 15.4. The van der Waals surface area contributed by atoms with Gasteiger partial charge in [0.05, 0.1) is 0 Å². The van der Waals surface area contributed by atoms with Crippen LogP contribution in [-0.2, 0) is 33.5 Å². The number of carboxylic acids is 2. The summed E-state index contributed by atoms with van der Waals surface area (Å²) in [4.78, 5) is 75.9. The molecule has 15 nitrogen and oxygen atoms in total. The van der Waals surface area contributed by atoms with Gasteiger partial charge in [-0.1, -0.05) is 109 Å². The van der Waals surface area contributed by atoms with Gasteiger partial charge in [0, 0.05) is 56.0 Å². The van der Waals surface area contributed by atoms with Gasteiger partial charge in [0.25, 0.3) is 11.8 Å². The molecule has 3 amide bonds. The zero-order valence-electron chi connectivity index (χ0n) is 53.9. The average Bonchev–Trinajstić information content (AvgIpc) is 1.11. The van der Waals surface area contributed by atoms with Gasteiger partial charge in [0.1, 0.15) is 19.3 Å². The van der Waals surface area contributed by atoms with Crippen molar-refractivity contribution in [1.29, 1.82) is 0 Å². The fourth-order valence-electron chi connectivity index (χ4n) is 10.4. The lowest BCUT2D eigenvalue weighted by molar-refractivity contribution is -0.442. The molecule has 1 saturated heterocycles. The van der Waals surface area contributed by atoms with E-state index < -0.39 is 158 Å². The summed E-state index contributed by atoms with van der Waals surface area (Å²) in [6.45, 7) is 11.9. The van der Waals surface area contributed by atoms with Crippen LogP contribution < -0.4 is 23.5 Å². The standard InChI is InChI=1S/C25H18F13NO4.C19H15NO5.C10H8F13NO2.C8H19N.ClH/c26-20(27,21(28,29)22(30,31)23(32,33)24(34,35)25(36,37)38)10-9-17(18(40)41)39-19(42)43-11-16-14-7-3-1-5-12(14)13-6-2-4-8-15(13)16;21-17-9-10-18(22)20(17)25-19(23)24-11-16-14-7-3-1-5-12(14)13-6-2-4-8-15(13)16;11-5(12,2-1-3(24)4(25)26)6(13,14)7(15,16)8(17,18)9(19,20)10(21,22)23;1-6-9(7(2)3)8(4)5;/h1-8,16-17H,9-11H2,(H,39,42)(H,40,41);1-8,16H,9-11H2;3H,1-2,24H2,(H,25,26);7-8H,6H2,1-5H3;1H. The summed E-state index contributed by atoms with van der Waals surface area (Å²) in [5.41, 5.74) is 9.91. The van der Waals surface area contributed by atoms with Crippen molar-refractivity contribution in [3.8, 4) is 22.3 Å². The number of halogens is 27. The molecule has 1 aliphatic heterocycles. The van der Waals surface area contributed by atoms with Crippen molar-refractivity contribution in [3.05, 3.63) is 119 Å². The number of fused-ring (bicyclic) bond motifs is 6. The van der Waals surface area contributed by atoms with Crippen LogP contribution in [0.2, 0.25) is 0 Å². The van der Waals surface area contributed by atoms with Crippen molar-refractivity contribution in [1.82, 2.24) is 15.3 Å². The second-order valence-electron chi connectivity index (χ2n) is 23.5. The van der Waals surface area contributed by atoms with Crippen LogP contribution in [0.5, 0.6) is 0 Å². The molecular weight excluding hydrogens is 1510 g/mol. The quantitative estimate of drug-likeness (QED) is 0.0277. The van der Waals surface area contributed by atoms with E-state index in [-0.39, 0.29) is 37.8 Å². The number of benzene rings is 4. The summed E-state index contributed by atoms with van der Waals surface area (Å²) in [7, 11) is 0. The molecule has 2 atom stereocenters. The second-order valence-corrected chi connectivity index (χ2v) is 23.5. The Bertz CT molecular complexity index is 3540. The molecule has 0 bridgehead atoms. The minimum atomic E-state index is -8.07. The Morgan fingerprint density at radius 2 is 0.779 bits per heavy atom. The lowest BCUT2D eigenvalue weighted by Crippen LogP contribution is -3.00. The number of carbonyl (C=O) groups is 6. The third-order valence-corrected chi connectivity index (χ3v) is 16.0. The lowest BCUT2D eigenvalue weighted by atomic mass is 9.91. The number of carboxylic acid groups (broad SMARTS) is 2. The number of nitrogens with zero attached hydrogens (tertiary/aromatic N) is 2. The van der Waals surface area contributed by atoms with Gasteiger partial charge in [-0.2, -0.15) is 114 Å². The molecule has 4 aromatic rings. The highest BCUT2D eigenvalue weighted by molar-refractivity contribution is 6.01. The first-order chi connectivity index (χ1) is 46.8. The van der Waals surface area contributed by atoms with Crippen molar-refractivity contribution in [3.63, 3.8) is 0 Å². The van der Waals surface area contributed by atoms with Crippen molar-refractivity contribution in [2.24, 2.45) is 0 Å². The van der Waals surface area contributed by atoms with Crippen LogP contribution in [-0.4, -0.2) is 172 Å². The van der Waals surface area contributed by atoms with E-state index in [2.05, 4.69) is 45.3 Å². The highest BCUT2D eigenvalue weighted by Gasteiger charge is 2.92. The van der Waals surface area contributed by atoms with E-state index >= 15 is 0 Å². The molecule has 0 spiro atoms. The first-order valence-corrected chi connectivity index (χ1v) is 29.8. The topological polar surface area (TPSA) is 217 Å². The van der Waals surface area contributed by atoms with E-state index in [4.69, 9.17) is 24.5 Å². The van der Waals surface area contributed by atoms with Crippen molar-refractivity contribution in [2.45, 2.75) is 181 Å². The van der Waals surface area contributed by atoms with Gasteiger partial charge in [0.15, 0.2) is 6.04 Å². The first kappa shape index (κ1) is 90.1. The number of amides is 3. The first-order valence-electron chi connectivity index (χ1n) is 29.8. The maximum atomic E-state index is 14.1. The average molecular weight is 1570 g/mol. The third kappa shape index (κ3) is 18.2. The summed E-state index contributed by atoms with van der Waals surface area (Å²) in [5.74, 6) is -81.2. The molecule has 0 saturated carbocycles. The maximum Gasteiger partial charge on any atom is 0.533 e. The van der Waals surface area contributed by atoms with Crippen LogP contribution in [0.4, 0.5) is 124 Å². The zero-order valence-corrected chi connectivity index (χ0v) is 54.7. The molecule has 104 heavy (non-hydrogen) atoms. The molecule has 2 unspecified atom stereocenters. The number of ether oxygens (including phenoxy) is 2. The van der Waals surface area contributed by atoms with E-state index in [0.717, 1.165) is 39.9 Å². The van der Waals surface area contributed by atoms with Gasteiger partial charge >= 0.3 is 95.8 Å². The van der Waals surface area contributed by atoms with Crippen molar-refractivity contribution >= 4 is 36.0 Å². The number of quaternary nitrogens is 1. The van der Waals surface area contributed by atoms with Gasteiger partial charge in [-0.3, -0.25) is 19.3 Å². The molecule has 1 fully saturated rings. The van der Waals surface area contributed by atoms with Gasteiger partial charge in [-0.05, 0) is 85.2 Å². The number of hydrogen-bond acceptors (Lipinski definition) is 10. The Morgan fingerprint density at radius 1 is 0.481 bits per heavy atom. The van der Waals surface area contributed by atoms with Crippen LogP contribution in [0.15, 0.2) is 97.1 Å². The number of hydrogen-bond donors (Lipinski definition) is 4. The van der Waals surface area contributed by atoms with Crippen LogP contribution in [0, 0.1) is 0 Å². The Morgan fingerprint density at radius 3 is 1.06 bits per heavy atom. The number of alkyl carbamates (subject to hydrolysis) is 1. The highest BCUT2D eigenvalue weighted by Crippen LogP contribution is 2.63. The Kier molecular flexibility index (Phi) is 28.7. The Balaban J connectivity index is 0.000000397. The predicted molar refractivity (Wildman–Crippen MR) is 304 cm³/mol. The van der Waals surface area contributed by atoms with Crippen LogP contribution >= 0.6 is 0 Å². The Labute approximate surface area is 577 Å².